The molecule has 0 aromatic carbocycles. The first-order valence-electron chi connectivity index (χ1n) is 0.500. The van der Waals surface area contributed by atoms with Crippen molar-refractivity contribution in [2.45, 2.75) is 0 Å². The molecule has 0 saturated carbocycles. The Kier molecular flexibility index (Phi) is 52.6. The van der Waals surface area contributed by atoms with Gasteiger partial charge in [0.15, 0.2) is 0 Å². The maximum absolute atomic E-state index is 8.44. The zero-order valence-corrected chi connectivity index (χ0v) is 7.14. The van der Waals surface area contributed by atoms with Crippen LogP contribution in [0.3, 0.4) is 0 Å². The molecule has 7 heavy (non-hydrogen) atoms. The Morgan fingerprint density at radius 3 is 1.14 bits per heavy atom. The van der Waals surface area contributed by atoms with Gasteiger partial charge in [0.2, 0.25) is 0 Å². The first-order chi connectivity index (χ1) is 1.73. The Morgan fingerprint density at radius 1 is 1.14 bits per heavy atom. The number of hydrogen-bond donors (Lipinski definition) is 0. The maximum atomic E-state index is 8.44. The van der Waals surface area contributed by atoms with E-state index in [9.17, 15) is 0 Å². The van der Waals surface area contributed by atoms with Gasteiger partial charge in [0.1, 0.15) is 0 Å². The molecule has 0 fully saturated rings. The summed E-state index contributed by atoms with van der Waals surface area (Å²) < 4.78 is 25.3. The van der Waals surface area contributed by atoms with E-state index in [-0.39, 0.29) is 51.6 Å². The van der Waals surface area contributed by atoms with Gasteiger partial charge < -0.3 is 14.6 Å². The molecule has 0 unspecified atom stereocenters. The van der Waals surface area contributed by atoms with E-state index in [0.717, 1.165) is 0 Å². The fourth-order valence-corrected chi connectivity index (χ4v) is 0. The summed E-state index contributed by atoms with van der Waals surface area (Å²) in [5.74, 6) is 0. The third-order valence-corrected chi connectivity index (χ3v) is 0. The molecule has 0 amide bonds. The molecular weight excluding hydrogens is 145 g/mol. The summed E-state index contributed by atoms with van der Waals surface area (Å²) in [6.07, 6.45) is 0. The van der Waals surface area contributed by atoms with Gasteiger partial charge in [0.25, 0.3) is 0 Å². The van der Waals surface area contributed by atoms with Gasteiger partial charge in [0, 0.05) is 0 Å². The van der Waals surface area contributed by atoms with Crippen LogP contribution in [-0.4, -0.2) is 64.9 Å². The van der Waals surface area contributed by atoms with Crippen LogP contribution in [0.2, 0.25) is 0 Å². The van der Waals surface area contributed by atoms with E-state index >= 15 is 0 Å². The molecule has 0 aromatic heterocycles. The van der Waals surface area contributed by atoms with E-state index in [4.69, 9.17) is 13.3 Å². The predicted octanol–water partition coefficient (Wildman–Crippen LogP) is -1.94. The van der Waals surface area contributed by atoms with Crippen LogP contribution in [0.4, 0.5) is 0 Å². The van der Waals surface area contributed by atoms with Crippen molar-refractivity contribution < 1.29 is 18.8 Å². The quantitative estimate of drug-likeness (QED) is 0.293. The van der Waals surface area contributed by atoms with Crippen molar-refractivity contribution in [3.63, 3.8) is 0 Å². The van der Waals surface area contributed by atoms with E-state index in [0.29, 0.717) is 0 Å². The molecule has 0 aliphatic carbocycles. The minimum absolute atomic E-state index is 0. The normalized spacial score (nSPS) is 5.00. The fourth-order valence-electron chi connectivity index (χ4n) is 0. The zero-order chi connectivity index (χ0) is 3.58. The third-order valence-electron chi connectivity index (χ3n) is 0. The standard InChI is InChI=1S/2Mg.H2O3S.H2O/c;;1-4(2)3;/h;;(H2,1,2,3);1H2/q2*+2;;/p-3. The topological polar surface area (TPSA) is 93.2 Å². The molecule has 0 aliphatic heterocycles. The van der Waals surface area contributed by atoms with Gasteiger partial charge in [-0.1, -0.05) is 0 Å². The summed E-state index contributed by atoms with van der Waals surface area (Å²) in [4.78, 5) is 0. The van der Waals surface area contributed by atoms with Crippen LogP contribution in [0.25, 0.3) is 0 Å². The number of rotatable bonds is 0. The Balaban J connectivity index is -0.0000000150. The van der Waals surface area contributed by atoms with E-state index in [1.54, 1.807) is 0 Å². The fraction of sp³-hybridized carbons (Fsp3) is 0. The maximum Gasteiger partial charge on any atom is 2.00 e. The summed E-state index contributed by atoms with van der Waals surface area (Å²) in [5.41, 5.74) is 0. The summed E-state index contributed by atoms with van der Waals surface area (Å²) in [6, 6.07) is 0. The molecule has 0 radical (unpaired) electrons. The van der Waals surface area contributed by atoms with Crippen molar-refractivity contribution in [1.82, 2.24) is 0 Å². The Bertz CT molecular complexity index is 32.7. The van der Waals surface area contributed by atoms with E-state index < -0.39 is 11.4 Å². The average Bonchev–Trinajstić information content (AvgIpc) is 0.811. The Hall–Kier alpha value is 1.56. The zero-order valence-electron chi connectivity index (χ0n) is 3.49. The Morgan fingerprint density at radius 2 is 1.14 bits per heavy atom. The molecular formula is HMg2O4S+. The van der Waals surface area contributed by atoms with Crippen LogP contribution in [-0.2, 0) is 11.4 Å². The molecule has 7 heteroatoms. The molecule has 0 atom stereocenters. The second-order valence-electron chi connectivity index (χ2n) is 0.204. The average molecular weight is 146 g/mol. The van der Waals surface area contributed by atoms with Crippen LogP contribution in [0.5, 0.6) is 0 Å². The Labute approximate surface area is 75.8 Å². The van der Waals surface area contributed by atoms with Gasteiger partial charge >= 0.3 is 46.1 Å². The van der Waals surface area contributed by atoms with Gasteiger partial charge in [-0.05, 0) is 0 Å². The number of hydrogen-bond acceptors (Lipinski definition) is 4. The van der Waals surface area contributed by atoms with Crippen LogP contribution >= 0.6 is 0 Å². The second-order valence-corrected chi connectivity index (χ2v) is 0.612. The van der Waals surface area contributed by atoms with Crippen molar-refractivity contribution in [1.29, 1.82) is 0 Å². The largest absolute Gasteiger partial charge is 2.00 e. The molecule has 34 valence electrons. The van der Waals surface area contributed by atoms with E-state index in [1.807, 2.05) is 0 Å². The van der Waals surface area contributed by atoms with Crippen molar-refractivity contribution in [2.24, 2.45) is 0 Å². The molecule has 0 bridgehead atoms. The van der Waals surface area contributed by atoms with Crippen molar-refractivity contribution in [2.75, 3.05) is 0 Å². The van der Waals surface area contributed by atoms with Gasteiger partial charge in [0.05, 0.1) is 0 Å². The predicted molar refractivity (Wildman–Crippen MR) is 23.1 cm³/mol. The SMILES string of the molecule is O=S([O-])[O-].[Mg+2].[Mg+2].[OH-]. The van der Waals surface area contributed by atoms with Crippen LogP contribution < -0.4 is 0 Å². The molecule has 0 aliphatic rings. The second kappa shape index (κ2) is 15.6. The van der Waals surface area contributed by atoms with E-state index in [1.165, 1.54) is 0 Å². The monoisotopic (exact) mass is 145 g/mol. The van der Waals surface area contributed by atoms with Crippen molar-refractivity contribution >= 4 is 57.5 Å². The minimum atomic E-state index is -3.11. The van der Waals surface area contributed by atoms with Crippen LogP contribution in [0.1, 0.15) is 0 Å². The first kappa shape index (κ1) is 23.5. The molecule has 1 N–H and O–H groups in total. The van der Waals surface area contributed by atoms with Crippen LogP contribution in [0.15, 0.2) is 0 Å². The summed E-state index contributed by atoms with van der Waals surface area (Å²) >= 11 is -3.11. The third kappa shape index (κ3) is 95.8. The van der Waals surface area contributed by atoms with Crippen molar-refractivity contribution in [3.8, 4) is 0 Å². The first-order valence-corrected chi connectivity index (χ1v) is 1.50. The minimum Gasteiger partial charge on any atom is -0.870 e. The summed E-state index contributed by atoms with van der Waals surface area (Å²) in [7, 11) is 0. The molecule has 0 spiro atoms. The van der Waals surface area contributed by atoms with Crippen LogP contribution in [0, 0.1) is 0 Å². The van der Waals surface area contributed by atoms with Crippen molar-refractivity contribution in [3.05, 3.63) is 0 Å². The smallest absolute Gasteiger partial charge is 0.870 e. The molecule has 0 saturated heterocycles. The summed E-state index contributed by atoms with van der Waals surface area (Å²) in [6.45, 7) is 0. The molecule has 0 rings (SSSR count). The van der Waals surface area contributed by atoms with Gasteiger partial charge in [-0.15, -0.1) is 11.4 Å². The summed E-state index contributed by atoms with van der Waals surface area (Å²) in [5, 5.41) is 0. The van der Waals surface area contributed by atoms with Gasteiger partial charge in [-0.2, -0.15) is 0 Å². The molecule has 4 nitrogen and oxygen atoms in total. The molecule has 0 heterocycles. The van der Waals surface area contributed by atoms with Gasteiger partial charge in [-0.3, -0.25) is 4.21 Å². The van der Waals surface area contributed by atoms with E-state index in [2.05, 4.69) is 0 Å². The van der Waals surface area contributed by atoms with Gasteiger partial charge in [-0.25, -0.2) is 0 Å². The molecule has 0 aromatic rings.